The van der Waals surface area contributed by atoms with Crippen LogP contribution in [0.4, 0.5) is 0 Å². The first-order chi connectivity index (χ1) is 13.5. The van der Waals surface area contributed by atoms with E-state index in [-0.39, 0.29) is 38.1 Å². The summed E-state index contributed by atoms with van der Waals surface area (Å²) >= 11 is 33.8. The third-order valence-electron chi connectivity index (χ3n) is 3.40. The summed E-state index contributed by atoms with van der Waals surface area (Å²) in [6.07, 6.45) is -1.02. The van der Waals surface area contributed by atoms with Crippen LogP contribution in [0, 0.1) is 22.7 Å². The van der Waals surface area contributed by atoms with Gasteiger partial charge in [-0.2, -0.15) is 20.8 Å². The minimum Gasteiger partial charge on any atom is -0.465 e. The van der Waals surface area contributed by atoms with Gasteiger partial charge < -0.3 is 9.47 Å². The highest BCUT2D eigenvalue weighted by Gasteiger charge is 2.32. The molecule has 0 rings (SSSR count). The molecule has 0 bridgehead atoms. The van der Waals surface area contributed by atoms with Gasteiger partial charge >= 0.3 is 23.9 Å². The van der Waals surface area contributed by atoms with E-state index in [4.69, 9.17) is 75.9 Å². The van der Waals surface area contributed by atoms with Gasteiger partial charge in [-0.1, -0.05) is 0 Å². The Morgan fingerprint density at radius 1 is 0.800 bits per heavy atom. The first-order valence-corrected chi connectivity index (χ1v) is 18.7. The molecule has 0 aliphatic heterocycles. The number of carbonyl (C=O) groups excluding carboxylic acids is 2. The van der Waals surface area contributed by atoms with Crippen molar-refractivity contribution in [3.63, 3.8) is 0 Å². The number of hydrogen-bond donors (Lipinski definition) is 0. The zero-order valence-electron chi connectivity index (χ0n) is 15.9. The lowest BCUT2D eigenvalue weighted by Crippen LogP contribution is -2.27. The minimum atomic E-state index is -3.11. The maximum absolute atomic E-state index is 11.7. The molecule has 0 saturated carbocycles. The summed E-state index contributed by atoms with van der Waals surface area (Å²) in [6.45, 7) is 2.87. The third kappa shape index (κ3) is 14.7. The van der Waals surface area contributed by atoms with Crippen LogP contribution in [0.25, 0.3) is 0 Å². The van der Waals surface area contributed by atoms with Gasteiger partial charge in [-0.25, -0.2) is 0 Å². The van der Waals surface area contributed by atoms with E-state index in [1.165, 1.54) is 13.8 Å². The number of esters is 2. The van der Waals surface area contributed by atoms with E-state index in [1.807, 2.05) is 12.1 Å². The van der Waals surface area contributed by atoms with Crippen molar-refractivity contribution in [1.82, 2.24) is 0 Å². The molecule has 0 aliphatic rings. The van der Waals surface area contributed by atoms with Crippen LogP contribution < -0.4 is 0 Å². The maximum Gasteiger partial charge on any atom is 0.378 e. The van der Waals surface area contributed by atoms with Crippen LogP contribution in [0.5, 0.6) is 0 Å². The molecule has 16 heteroatoms. The Hall–Kier alpha value is -0.306. The topological polar surface area (TPSA) is 125 Å². The first-order valence-electron chi connectivity index (χ1n) is 8.24. The highest BCUT2D eigenvalue weighted by Crippen LogP contribution is 2.25. The van der Waals surface area contributed by atoms with Gasteiger partial charge in [-0.15, -0.1) is 66.5 Å². The molecule has 0 spiro atoms. The molecule has 0 aromatic carbocycles. The van der Waals surface area contributed by atoms with Crippen molar-refractivity contribution >= 4 is 90.4 Å². The second-order valence-electron chi connectivity index (χ2n) is 6.52. The van der Waals surface area contributed by atoms with Crippen LogP contribution in [0.2, 0.25) is 0 Å². The maximum atomic E-state index is 11.7. The van der Waals surface area contributed by atoms with Gasteiger partial charge in [-0.3, -0.25) is 9.59 Å². The molecule has 0 saturated heterocycles. The SMILES string of the molecule is CC(C#N)(CCC(=O)OC[Si](Cl)(Cl)Cl)N=NC(C)(C#N)CCC(=O)OC[Si](Cl)(Cl)Cl. The zero-order valence-corrected chi connectivity index (χ0v) is 22.5. The Kier molecular flexibility index (Phi) is 12.5. The quantitative estimate of drug-likeness (QED) is 0.139. The van der Waals surface area contributed by atoms with E-state index >= 15 is 0 Å². The van der Waals surface area contributed by atoms with Crippen molar-refractivity contribution in [1.29, 1.82) is 10.5 Å². The number of carbonyl (C=O) groups is 2. The number of rotatable bonds is 12. The number of ether oxygens (including phenoxy) is 2. The molecule has 0 aromatic rings. The van der Waals surface area contributed by atoms with Gasteiger partial charge in [0.25, 0.3) is 0 Å². The summed E-state index contributed by atoms with van der Waals surface area (Å²) in [5.74, 6) is -1.32. The molecule has 168 valence electrons. The van der Waals surface area contributed by atoms with E-state index < -0.39 is 35.0 Å². The summed E-state index contributed by atoms with van der Waals surface area (Å²) in [5.41, 5.74) is -2.81. The van der Waals surface area contributed by atoms with Crippen LogP contribution in [-0.4, -0.2) is 47.5 Å². The van der Waals surface area contributed by atoms with Gasteiger partial charge in [0.2, 0.25) is 0 Å². The number of azo groups is 1. The van der Waals surface area contributed by atoms with Crippen LogP contribution in [-0.2, 0) is 19.1 Å². The molecular weight excluding hydrogens is 557 g/mol. The Balaban J connectivity index is 4.85. The van der Waals surface area contributed by atoms with Gasteiger partial charge in [-0.05, 0) is 26.7 Å². The van der Waals surface area contributed by atoms with Crippen molar-refractivity contribution in [2.24, 2.45) is 10.2 Å². The van der Waals surface area contributed by atoms with E-state index in [2.05, 4.69) is 10.2 Å². The number of halogens is 6. The fourth-order valence-corrected chi connectivity index (χ4v) is 3.27. The van der Waals surface area contributed by atoms with Gasteiger partial charge in [0, 0.05) is 12.8 Å². The smallest absolute Gasteiger partial charge is 0.378 e. The average molecular weight is 575 g/mol. The van der Waals surface area contributed by atoms with Crippen molar-refractivity contribution < 1.29 is 19.1 Å². The highest BCUT2D eigenvalue weighted by molar-refractivity contribution is 7.65. The minimum absolute atomic E-state index is 0.0370. The third-order valence-corrected chi connectivity index (χ3v) is 6.31. The van der Waals surface area contributed by atoms with Crippen molar-refractivity contribution in [2.45, 2.75) is 50.6 Å². The van der Waals surface area contributed by atoms with Crippen molar-refractivity contribution in [2.75, 3.05) is 12.5 Å². The Labute approximate surface area is 204 Å². The Bertz CT molecular complexity index is 674. The summed E-state index contributed by atoms with van der Waals surface area (Å²) in [7, 11) is 0. The number of hydrogen-bond acceptors (Lipinski definition) is 8. The number of nitriles is 2. The lowest BCUT2D eigenvalue weighted by Gasteiger charge is -2.19. The fourth-order valence-electron chi connectivity index (χ4n) is 1.64. The second-order valence-corrected chi connectivity index (χ2v) is 24.7. The molecule has 0 amide bonds. The number of nitrogens with zero attached hydrogens (tertiary/aromatic N) is 4. The normalized spacial score (nSPS) is 16.1. The van der Waals surface area contributed by atoms with Crippen LogP contribution in [0.1, 0.15) is 39.5 Å². The highest BCUT2D eigenvalue weighted by atomic mass is 35.8. The molecule has 0 N–H and O–H groups in total. The standard InChI is InChI=1S/C14H18Cl6N4O4Si2/c1-13(7-21,5-3-11(25)27-9-29(15,16)17)23-24-14(2,8-22)6-4-12(26)28-10-30(18,19)20/h3-6,9-10H2,1-2H3. The Morgan fingerprint density at radius 2 is 1.10 bits per heavy atom. The molecule has 0 heterocycles. The molecule has 2 unspecified atom stereocenters. The predicted octanol–water partition coefficient (Wildman–Crippen LogP) is 5.04. The van der Waals surface area contributed by atoms with Gasteiger partial charge in [0.15, 0.2) is 11.1 Å². The summed E-state index contributed by atoms with van der Waals surface area (Å²) in [5, 5.41) is 26.6. The first kappa shape index (κ1) is 29.7. The predicted molar refractivity (Wildman–Crippen MR) is 120 cm³/mol. The molecule has 0 fully saturated rings. The van der Waals surface area contributed by atoms with Crippen LogP contribution >= 0.6 is 66.5 Å². The van der Waals surface area contributed by atoms with Crippen molar-refractivity contribution in [3.05, 3.63) is 0 Å². The van der Waals surface area contributed by atoms with E-state index in [0.717, 1.165) is 0 Å². The molecule has 2 atom stereocenters. The van der Waals surface area contributed by atoms with E-state index in [9.17, 15) is 20.1 Å². The molecule has 0 radical (unpaired) electrons. The molecular formula is C14H18Cl6N4O4Si2. The Morgan fingerprint density at radius 3 is 1.33 bits per heavy atom. The lowest BCUT2D eigenvalue weighted by molar-refractivity contribution is -0.143. The average Bonchev–Trinajstić information content (AvgIpc) is 2.65. The fraction of sp³-hybridized carbons (Fsp3) is 0.714. The molecule has 8 nitrogen and oxygen atoms in total. The summed E-state index contributed by atoms with van der Waals surface area (Å²) < 4.78 is 9.68. The van der Waals surface area contributed by atoms with Gasteiger partial charge in [0.1, 0.15) is 12.5 Å². The molecule has 0 aromatic heterocycles. The lowest BCUT2D eigenvalue weighted by atomic mass is 9.97. The van der Waals surface area contributed by atoms with Crippen molar-refractivity contribution in [3.8, 4) is 12.1 Å². The van der Waals surface area contributed by atoms with E-state index in [0.29, 0.717) is 0 Å². The monoisotopic (exact) mass is 572 g/mol. The van der Waals surface area contributed by atoms with Crippen LogP contribution in [0.3, 0.4) is 0 Å². The zero-order chi connectivity index (χ0) is 23.6. The van der Waals surface area contributed by atoms with E-state index in [1.54, 1.807) is 0 Å². The molecule has 0 aliphatic carbocycles. The molecule has 30 heavy (non-hydrogen) atoms. The largest absolute Gasteiger partial charge is 0.465 e. The summed E-state index contributed by atoms with van der Waals surface area (Å²) in [6, 6.07) is -2.37. The van der Waals surface area contributed by atoms with Gasteiger partial charge in [0.05, 0.1) is 12.1 Å². The second kappa shape index (κ2) is 12.7. The summed E-state index contributed by atoms with van der Waals surface area (Å²) in [4.78, 5) is 23.5. The van der Waals surface area contributed by atoms with Crippen LogP contribution in [0.15, 0.2) is 10.2 Å².